The molecule has 0 N–H and O–H groups in total. The summed E-state index contributed by atoms with van der Waals surface area (Å²) in [7, 11) is 0. The second kappa shape index (κ2) is 10.6. The molecule has 2 nitrogen and oxygen atoms in total. The van der Waals surface area contributed by atoms with Crippen molar-refractivity contribution in [2.75, 3.05) is 32.7 Å². The number of benzene rings is 3. The van der Waals surface area contributed by atoms with Crippen LogP contribution in [0.3, 0.4) is 0 Å². The average molecular weight is 459 g/mol. The Bertz CT molecular complexity index is 1070. The number of rotatable bonds is 5. The molecular formula is C30H32F2N2. The maximum atomic E-state index is 13.6. The third-order valence-corrected chi connectivity index (χ3v) is 7.24. The van der Waals surface area contributed by atoms with Crippen molar-refractivity contribution in [2.24, 2.45) is 0 Å². The molecule has 1 heterocycles. The molecule has 1 fully saturated rings. The van der Waals surface area contributed by atoms with Crippen molar-refractivity contribution >= 4 is 5.57 Å². The number of piperazine rings is 1. The first-order valence-electron chi connectivity index (χ1n) is 12.4. The Hall–Kier alpha value is -2.82. The van der Waals surface area contributed by atoms with Crippen LogP contribution < -0.4 is 0 Å². The fourth-order valence-electron chi connectivity index (χ4n) is 5.38. The molecule has 0 amide bonds. The van der Waals surface area contributed by atoms with Crippen molar-refractivity contribution < 1.29 is 8.78 Å². The Morgan fingerprint density at radius 2 is 1.29 bits per heavy atom. The molecule has 3 aromatic carbocycles. The predicted octanol–water partition coefficient (Wildman–Crippen LogP) is 6.48. The van der Waals surface area contributed by atoms with Crippen LogP contribution in [0.4, 0.5) is 8.78 Å². The van der Waals surface area contributed by atoms with Gasteiger partial charge in [-0.2, -0.15) is 0 Å². The molecule has 0 radical (unpaired) electrons. The number of nitrogens with zero attached hydrogens (tertiary/aromatic N) is 2. The summed E-state index contributed by atoms with van der Waals surface area (Å²) in [6.07, 6.45) is 7.30. The molecular weight excluding hydrogens is 426 g/mol. The highest BCUT2D eigenvalue weighted by molar-refractivity contribution is 5.69. The maximum absolute atomic E-state index is 13.6. The van der Waals surface area contributed by atoms with E-state index in [-0.39, 0.29) is 17.7 Å². The van der Waals surface area contributed by atoms with Crippen LogP contribution in [0.15, 0.2) is 78.9 Å². The largest absolute Gasteiger partial charge is 0.297 e. The Kier molecular flexibility index (Phi) is 7.17. The third-order valence-electron chi connectivity index (χ3n) is 7.24. The topological polar surface area (TPSA) is 6.48 Å². The molecule has 176 valence electrons. The molecule has 0 unspecified atom stereocenters. The van der Waals surface area contributed by atoms with Gasteiger partial charge in [0.15, 0.2) is 0 Å². The summed E-state index contributed by atoms with van der Waals surface area (Å²) in [6, 6.07) is 22.3. The second-order valence-corrected chi connectivity index (χ2v) is 9.44. The molecule has 1 aliphatic carbocycles. The fourth-order valence-corrected chi connectivity index (χ4v) is 5.38. The van der Waals surface area contributed by atoms with Gasteiger partial charge in [-0.3, -0.25) is 9.80 Å². The summed E-state index contributed by atoms with van der Waals surface area (Å²) in [5, 5.41) is 0. The van der Waals surface area contributed by atoms with E-state index in [0.29, 0.717) is 0 Å². The molecule has 2 aliphatic rings. The van der Waals surface area contributed by atoms with Crippen molar-refractivity contribution in [1.82, 2.24) is 9.80 Å². The third kappa shape index (κ3) is 5.29. The van der Waals surface area contributed by atoms with Gasteiger partial charge in [-0.1, -0.05) is 54.6 Å². The van der Waals surface area contributed by atoms with E-state index >= 15 is 0 Å². The van der Waals surface area contributed by atoms with Crippen LogP contribution >= 0.6 is 0 Å². The van der Waals surface area contributed by atoms with E-state index < -0.39 is 0 Å². The summed E-state index contributed by atoms with van der Waals surface area (Å²) in [5.74, 6) is -0.473. The van der Waals surface area contributed by atoms with Crippen LogP contribution in [0.1, 0.15) is 47.6 Å². The van der Waals surface area contributed by atoms with E-state index in [4.69, 9.17) is 0 Å². The van der Waals surface area contributed by atoms with Crippen LogP contribution in [0.5, 0.6) is 0 Å². The van der Waals surface area contributed by atoms with Crippen molar-refractivity contribution in [3.63, 3.8) is 0 Å². The molecule has 0 saturated carbocycles. The molecule has 34 heavy (non-hydrogen) atoms. The van der Waals surface area contributed by atoms with Gasteiger partial charge in [-0.15, -0.1) is 0 Å². The van der Waals surface area contributed by atoms with E-state index in [1.807, 2.05) is 24.3 Å². The fraction of sp³-hybridized carbons (Fsp3) is 0.333. The molecule has 1 saturated heterocycles. The van der Waals surface area contributed by atoms with E-state index in [1.165, 1.54) is 60.2 Å². The molecule has 4 heteroatoms. The van der Waals surface area contributed by atoms with Gasteiger partial charge in [0.1, 0.15) is 11.6 Å². The van der Waals surface area contributed by atoms with Gasteiger partial charge in [0.05, 0.1) is 6.04 Å². The quantitative estimate of drug-likeness (QED) is 0.404. The summed E-state index contributed by atoms with van der Waals surface area (Å²) in [5.41, 5.74) is 6.49. The van der Waals surface area contributed by atoms with Gasteiger partial charge in [0.25, 0.3) is 0 Å². The van der Waals surface area contributed by atoms with Gasteiger partial charge in [-0.25, -0.2) is 8.78 Å². The van der Waals surface area contributed by atoms with Crippen molar-refractivity contribution in [2.45, 2.75) is 31.7 Å². The summed E-state index contributed by atoms with van der Waals surface area (Å²) in [4.78, 5) is 4.95. The van der Waals surface area contributed by atoms with E-state index in [9.17, 15) is 8.78 Å². The highest BCUT2D eigenvalue weighted by Gasteiger charge is 2.26. The first kappa shape index (κ1) is 22.9. The second-order valence-electron chi connectivity index (χ2n) is 9.44. The highest BCUT2D eigenvalue weighted by Crippen LogP contribution is 2.31. The minimum absolute atomic E-state index is 0.00422. The number of allylic oxidation sites excluding steroid dienone is 1. The first-order valence-corrected chi connectivity index (χ1v) is 12.4. The molecule has 0 bridgehead atoms. The Morgan fingerprint density at radius 3 is 1.94 bits per heavy atom. The number of aryl methyl sites for hydroxylation is 1. The van der Waals surface area contributed by atoms with Crippen LogP contribution in [-0.4, -0.2) is 42.5 Å². The normalized spacial score (nSPS) is 18.7. The molecule has 0 spiro atoms. The lowest BCUT2D eigenvalue weighted by Crippen LogP contribution is -2.47. The zero-order chi connectivity index (χ0) is 23.3. The summed E-state index contributed by atoms with van der Waals surface area (Å²) >= 11 is 0. The number of fused-ring (bicyclic) bond motifs is 1. The molecule has 5 rings (SSSR count). The average Bonchev–Trinajstić information content (AvgIpc) is 3.08. The van der Waals surface area contributed by atoms with Crippen LogP contribution in [0, 0.1) is 11.6 Å². The molecule has 0 atom stereocenters. The van der Waals surface area contributed by atoms with Crippen molar-refractivity contribution in [3.8, 4) is 0 Å². The number of halogens is 2. The Morgan fingerprint density at radius 1 is 0.706 bits per heavy atom. The number of hydrogen-bond donors (Lipinski definition) is 0. The van der Waals surface area contributed by atoms with E-state index in [2.05, 4.69) is 40.1 Å². The zero-order valence-corrected chi connectivity index (χ0v) is 19.6. The lowest BCUT2D eigenvalue weighted by atomic mass is 9.96. The summed E-state index contributed by atoms with van der Waals surface area (Å²) < 4.78 is 27.2. The summed E-state index contributed by atoms with van der Waals surface area (Å²) in [6.45, 7) is 4.75. The molecule has 0 aromatic heterocycles. The Labute approximate surface area is 201 Å². The Balaban J connectivity index is 1.29. The van der Waals surface area contributed by atoms with E-state index in [0.717, 1.165) is 50.3 Å². The van der Waals surface area contributed by atoms with Gasteiger partial charge >= 0.3 is 0 Å². The highest BCUT2D eigenvalue weighted by atomic mass is 19.1. The maximum Gasteiger partial charge on any atom is 0.123 e. The number of hydrogen-bond acceptors (Lipinski definition) is 2. The van der Waals surface area contributed by atoms with E-state index in [1.54, 1.807) is 0 Å². The molecule has 1 aliphatic heterocycles. The lowest BCUT2D eigenvalue weighted by molar-refractivity contribution is 0.117. The van der Waals surface area contributed by atoms with Crippen LogP contribution in [0.25, 0.3) is 5.57 Å². The van der Waals surface area contributed by atoms with Gasteiger partial charge in [0, 0.05) is 32.7 Å². The smallest absolute Gasteiger partial charge is 0.123 e. The molecule has 3 aromatic rings. The minimum Gasteiger partial charge on any atom is -0.297 e. The zero-order valence-electron chi connectivity index (χ0n) is 19.6. The van der Waals surface area contributed by atoms with Gasteiger partial charge in [0.2, 0.25) is 0 Å². The van der Waals surface area contributed by atoms with Crippen molar-refractivity contribution in [1.29, 1.82) is 0 Å². The standard InChI is InChI=1S/C30H32F2N2/c31-27-13-9-25(10-14-27)30(26-11-15-28(32)16-12-26)34-21-19-33(20-22-34)18-17-24-7-2-1-5-23-6-3-4-8-29(23)24/h3-4,6,8-17,30H,1-2,5,7,18-22H2/b24-17-. The van der Waals surface area contributed by atoms with Gasteiger partial charge < -0.3 is 0 Å². The van der Waals surface area contributed by atoms with Crippen LogP contribution in [0.2, 0.25) is 0 Å². The predicted molar refractivity (Wildman–Crippen MR) is 135 cm³/mol. The lowest BCUT2D eigenvalue weighted by Gasteiger charge is -2.39. The SMILES string of the molecule is Fc1ccc(C(c2ccc(F)cc2)N2CCN(C/C=C3/CCCCc4ccccc43)CC2)cc1. The monoisotopic (exact) mass is 458 g/mol. The van der Waals surface area contributed by atoms with Crippen LogP contribution in [-0.2, 0) is 6.42 Å². The first-order chi connectivity index (χ1) is 16.7. The van der Waals surface area contributed by atoms with Crippen molar-refractivity contribution in [3.05, 3.63) is 113 Å². The van der Waals surface area contributed by atoms with Gasteiger partial charge in [-0.05, 0) is 77.8 Å². The minimum atomic E-state index is -0.237.